The first-order valence-corrected chi connectivity index (χ1v) is 10.3. The SMILES string of the molecule is CC(Nc1ccc(NC(=O)Cc2ccc3c(c2)OCCO3)cc1Cl)c1ccccc1. The number of carbonyl (C=O) groups excluding carboxylic acids is 1. The second-order valence-electron chi connectivity index (χ2n) is 7.17. The van der Waals surface area contributed by atoms with E-state index in [0.717, 1.165) is 11.3 Å². The van der Waals surface area contributed by atoms with E-state index in [1.165, 1.54) is 5.56 Å². The molecule has 1 unspecified atom stereocenters. The molecule has 0 fully saturated rings. The summed E-state index contributed by atoms with van der Waals surface area (Å²) in [5, 5.41) is 6.86. The van der Waals surface area contributed by atoms with Gasteiger partial charge in [0.15, 0.2) is 11.5 Å². The first-order valence-electron chi connectivity index (χ1n) is 9.88. The van der Waals surface area contributed by atoms with Crippen LogP contribution in [0, 0.1) is 0 Å². The number of fused-ring (bicyclic) bond motifs is 1. The fraction of sp³-hybridized carbons (Fsp3) is 0.208. The average Bonchev–Trinajstić information content (AvgIpc) is 2.76. The van der Waals surface area contributed by atoms with Crippen molar-refractivity contribution in [3.05, 3.63) is 82.9 Å². The van der Waals surface area contributed by atoms with Gasteiger partial charge in [-0.05, 0) is 48.4 Å². The van der Waals surface area contributed by atoms with Gasteiger partial charge in [-0.25, -0.2) is 0 Å². The Morgan fingerprint density at radius 1 is 1.00 bits per heavy atom. The molecule has 6 heteroatoms. The van der Waals surface area contributed by atoms with Crippen LogP contribution in [0.2, 0.25) is 5.02 Å². The number of carbonyl (C=O) groups is 1. The van der Waals surface area contributed by atoms with E-state index in [-0.39, 0.29) is 18.4 Å². The van der Waals surface area contributed by atoms with Crippen LogP contribution in [0.15, 0.2) is 66.7 Å². The summed E-state index contributed by atoms with van der Waals surface area (Å²) < 4.78 is 11.1. The van der Waals surface area contributed by atoms with Crippen molar-refractivity contribution in [3.8, 4) is 11.5 Å². The van der Waals surface area contributed by atoms with Crippen LogP contribution in [-0.4, -0.2) is 19.1 Å². The Morgan fingerprint density at radius 2 is 1.77 bits per heavy atom. The van der Waals surface area contributed by atoms with Crippen LogP contribution >= 0.6 is 11.6 Å². The number of anilines is 2. The van der Waals surface area contributed by atoms with E-state index >= 15 is 0 Å². The summed E-state index contributed by atoms with van der Waals surface area (Å²) in [6.45, 7) is 3.14. The molecule has 4 rings (SSSR count). The van der Waals surface area contributed by atoms with Gasteiger partial charge in [-0.1, -0.05) is 48.0 Å². The molecule has 1 aliphatic heterocycles. The van der Waals surface area contributed by atoms with Gasteiger partial charge in [0.25, 0.3) is 0 Å². The van der Waals surface area contributed by atoms with Crippen molar-refractivity contribution in [2.24, 2.45) is 0 Å². The van der Waals surface area contributed by atoms with Gasteiger partial charge >= 0.3 is 0 Å². The van der Waals surface area contributed by atoms with Crippen LogP contribution in [0.3, 0.4) is 0 Å². The zero-order chi connectivity index (χ0) is 20.9. The molecular weight excluding hydrogens is 400 g/mol. The highest BCUT2D eigenvalue weighted by Gasteiger charge is 2.14. The summed E-state index contributed by atoms with van der Waals surface area (Å²) in [5.74, 6) is 1.27. The summed E-state index contributed by atoms with van der Waals surface area (Å²) >= 11 is 6.44. The second kappa shape index (κ2) is 9.09. The lowest BCUT2D eigenvalue weighted by atomic mass is 10.1. The molecule has 3 aromatic carbocycles. The smallest absolute Gasteiger partial charge is 0.228 e. The van der Waals surface area contributed by atoms with Crippen LogP contribution in [0.1, 0.15) is 24.1 Å². The lowest BCUT2D eigenvalue weighted by molar-refractivity contribution is -0.115. The molecule has 1 atom stereocenters. The molecule has 0 saturated carbocycles. The number of ether oxygens (including phenoxy) is 2. The van der Waals surface area contributed by atoms with Gasteiger partial charge in [-0.15, -0.1) is 0 Å². The maximum Gasteiger partial charge on any atom is 0.228 e. The van der Waals surface area contributed by atoms with Crippen LogP contribution in [0.25, 0.3) is 0 Å². The monoisotopic (exact) mass is 422 g/mol. The first kappa shape index (κ1) is 20.1. The number of rotatable bonds is 6. The molecule has 1 amide bonds. The third-order valence-electron chi connectivity index (χ3n) is 4.90. The number of amides is 1. The van der Waals surface area contributed by atoms with Gasteiger partial charge in [0.2, 0.25) is 5.91 Å². The third kappa shape index (κ3) is 4.86. The quantitative estimate of drug-likeness (QED) is 0.553. The summed E-state index contributed by atoms with van der Waals surface area (Å²) in [6, 6.07) is 21.3. The maximum absolute atomic E-state index is 12.5. The van der Waals surface area contributed by atoms with E-state index in [9.17, 15) is 4.79 Å². The molecule has 0 aliphatic carbocycles. The Bertz CT molecular complexity index is 1040. The van der Waals surface area contributed by atoms with Crippen molar-refractivity contribution in [3.63, 3.8) is 0 Å². The van der Waals surface area contributed by atoms with Gasteiger partial charge in [0, 0.05) is 11.7 Å². The highest BCUT2D eigenvalue weighted by Crippen LogP contribution is 2.31. The number of halogens is 1. The molecule has 0 aromatic heterocycles. The van der Waals surface area contributed by atoms with E-state index in [2.05, 4.69) is 29.7 Å². The summed E-state index contributed by atoms with van der Waals surface area (Å²) in [6.07, 6.45) is 0.235. The third-order valence-corrected chi connectivity index (χ3v) is 5.21. The predicted molar refractivity (Wildman–Crippen MR) is 120 cm³/mol. The maximum atomic E-state index is 12.5. The normalized spacial score (nSPS) is 13.4. The van der Waals surface area contributed by atoms with Gasteiger partial charge in [0.1, 0.15) is 13.2 Å². The fourth-order valence-electron chi connectivity index (χ4n) is 3.36. The van der Waals surface area contributed by atoms with Crippen LogP contribution < -0.4 is 20.1 Å². The fourth-order valence-corrected chi connectivity index (χ4v) is 3.59. The van der Waals surface area contributed by atoms with E-state index in [1.54, 1.807) is 6.07 Å². The van der Waals surface area contributed by atoms with Gasteiger partial charge in [-0.3, -0.25) is 4.79 Å². The summed E-state index contributed by atoms with van der Waals surface area (Å²) in [4.78, 5) is 12.5. The highest BCUT2D eigenvalue weighted by atomic mass is 35.5. The molecule has 1 aliphatic rings. The second-order valence-corrected chi connectivity index (χ2v) is 7.58. The molecule has 0 saturated heterocycles. The minimum atomic E-state index is -0.124. The van der Waals surface area contributed by atoms with Crippen molar-refractivity contribution in [1.29, 1.82) is 0 Å². The minimum Gasteiger partial charge on any atom is -0.486 e. The molecular formula is C24H23ClN2O3. The Balaban J connectivity index is 1.38. The van der Waals surface area contributed by atoms with Gasteiger partial charge < -0.3 is 20.1 Å². The summed E-state index contributed by atoms with van der Waals surface area (Å²) in [7, 11) is 0. The van der Waals surface area contributed by atoms with E-state index in [0.29, 0.717) is 35.4 Å². The zero-order valence-corrected chi connectivity index (χ0v) is 17.4. The van der Waals surface area contributed by atoms with Crippen molar-refractivity contribution >= 4 is 28.9 Å². The van der Waals surface area contributed by atoms with Gasteiger partial charge in [-0.2, -0.15) is 0 Å². The molecule has 30 heavy (non-hydrogen) atoms. The minimum absolute atomic E-state index is 0.111. The molecule has 1 heterocycles. The Kier molecular flexibility index (Phi) is 6.10. The zero-order valence-electron chi connectivity index (χ0n) is 16.7. The lowest BCUT2D eigenvalue weighted by Gasteiger charge is -2.19. The standard InChI is InChI=1S/C24H23ClN2O3/c1-16(18-5-3-2-4-6-18)26-21-9-8-19(15-20(21)25)27-24(28)14-17-7-10-22-23(13-17)30-12-11-29-22/h2-10,13,15-16,26H,11-12,14H2,1H3,(H,27,28). The molecule has 3 aromatic rings. The number of nitrogens with one attached hydrogen (secondary N) is 2. The summed E-state index contributed by atoms with van der Waals surface area (Å²) in [5.41, 5.74) is 3.50. The Hall–Kier alpha value is -3.18. The first-order chi connectivity index (χ1) is 14.6. The molecule has 0 radical (unpaired) electrons. The van der Waals surface area contributed by atoms with Crippen molar-refractivity contribution in [1.82, 2.24) is 0 Å². The molecule has 0 bridgehead atoms. The van der Waals surface area contributed by atoms with Crippen LogP contribution in [0.5, 0.6) is 11.5 Å². The Morgan fingerprint density at radius 3 is 2.53 bits per heavy atom. The van der Waals surface area contributed by atoms with Crippen LogP contribution in [-0.2, 0) is 11.2 Å². The molecule has 154 valence electrons. The van der Waals surface area contributed by atoms with E-state index in [4.69, 9.17) is 21.1 Å². The topological polar surface area (TPSA) is 59.6 Å². The largest absolute Gasteiger partial charge is 0.486 e. The van der Waals surface area contributed by atoms with Gasteiger partial charge in [0.05, 0.1) is 17.1 Å². The molecule has 2 N–H and O–H groups in total. The molecule has 5 nitrogen and oxygen atoms in total. The lowest BCUT2D eigenvalue weighted by Crippen LogP contribution is -2.17. The van der Waals surface area contributed by atoms with Crippen molar-refractivity contribution < 1.29 is 14.3 Å². The highest BCUT2D eigenvalue weighted by molar-refractivity contribution is 6.33. The predicted octanol–water partition coefficient (Wildman–Crippen LogP) is 5.47. The number of hydrogen-bond acceptors (Lipinski definition) is 4. The number of hydrogen-bond donors (Lipinski definition) is 2. The van der Waals surface area contributed by atoms with Crippen LogP contribution in [0.4, 0.5) is 11.4 Å². The van der Waals surface area contributed by atoms with Crippen molar-refractivity contribution in [2.45, 2.75) is 19.4 Å². The Labute approximate surface area is 181 Å². The number of benzene rings is 3. The van der Waals surface area contributed by atoms with Crippen molar-refractivity contribution in [2.75, 3.05) is 23.8 Å². The average molecular weight is 423 g/mol. The van der Waals surface area contributed by atoms with E-state index in [1.807, 2.05) is 48.5 Å². The van der Waals surface area contributed by atoms with E-state index < -0.39 is 0 Å². The molecule has 0 spiro atoms.